The zero-order valence-corrected chi connectivity index (χ0v) is 6.49. The van der Waals surface area contributed by atoms with E-state index in [9.17, 15) is 4.79 Å². The van der Waals surface area contributed by atoms with Gasteiger partial charge in [0, 0.05) is 0 Å². The van der Waals surface area contributed by atoms with Crippen LogP contribution in [0.2, 0.25) is 0 Å². The molecule has 0 unspecified atom stereocenters. The predicted octanol–water partition coefficient (Wildman–Crippen LogP) is 1.62. The average molecular weight is 160 g/mol. The van der Waals surface area contributed by atoms with Crippen molar-refractivity contribution in [2.24, 2.45) is 0 Å². The molecule has 60 valence electrons. The first-order chi connectivity index (χ1) is 5.83. The van der Waals surface area contributed by atoms with Crippen LogP contribution in [0.5, 0.6) is 5.75 Å². The molecule has 0 aliphatic carbocycles. The highest BCUT2D eigenvalue weighted by atomic mass is 16.5. The summed E-state index contributed by atoms with van der Waals surface area (Å²) in [5.41, 5.74) is 0. The lowest BCUT2D eigenvalue weighted by atomic mass is 10.3. The van der Waals surface area contributed by atoms with Gasteiger partial charge in [-0.25, -0.2) is 0 Å². The van der Waals surface area contributed by atoms with Gasteiger partial charge < -0.3 is 4.74 Å². The van der Waals surface area contributed by atoms with Crippen molar-refractivity contribution in [2.45, 2.75) is 6.42 Å². The van der Waals surface area contributed by atoms with Crippen LogP contribution < -0.4 is 4.74 Å². The van der Waals surface area contributed by atoms with Crippen LogP contribution in [0, 0.1) is 12.3 Å². The van der Waals surface area contributed by atoms with Gasteiger partial charge in [0.15, 0.2) is 0 Å². The highest BCUT2D eigenvalue weighted by Gasteiger charge is 2.00. The van der Waals surface area contributed by atoms with Crippen molar-refractivity contribution < 1.29 is 9.53 Å². The molecule has 0 atom stereocenters. The van der Waals surface area contributed by atoms with Gasteiger partial charge in [-0.1, -0.05) is 24.1 Å². The summed E-state index contributed by atoms with van der Waals surface area (Å²) in [6.07, 6.45) is 4.94. The Morgan fingerprint density at radius 2 is 2.08 bits per heavy atom. The Bertz CT molecular complexity index is 295. The lowest BCUT2D eigenvalue weighted by Gasteiger charge is -1.99. The number of esters is 1. The highest BCUT2D eigenvalue weighted by Crippen LogP contribution is 2.08. The van der Waals surface area contributed by atoms with E-state index in [1.807, 2.05) is 6.07 Å². The Balaban J connectivity index is 2.54. The quantitative estimate of drug-likeness (QED) is 0.373. The minimum atomic E-state index is -0.399. The van der Waals surface area contributed by atoms with Crippen LogP contribution in [0.3, 0.4) is 0 Å². The lowest BCUT2D eigenvalue weighted by molar-refractivity contribution is -0.133. The molecule has 0 aliphatic rings. The van der Waals surface area contributed by atoms with Crippen LogP contribution in [0.25, 0.3) is 0 Å². The molecule has 0 fully saturated rings. The number of hydrogen-bond donors (Lipinski definition) is 0. The maximum absolute atomic E-state index is 10.8. The second-order valence-corrected chi connectivity index (χ2v) is 2.17. The molecule has 0 amide bonds. The zero-order valence-electron chi connectivity index (χ0n) is 6.49. The Morgan fingerprint density at radius 3 is 2.67 bits per heavy atom. The van der Waals surface area contributed by atoms with Gasteiger partial charge in [-0.2, -0.15) is 0 Å². The number of terminal acetylenes is 1. The average Bonchev–Trinajstić information content (AvgIpc) is 2.06. The molecule has 0 spiro atoms. The molecule has 0 saturated carbocycles. The minimum Gasteiger partial charge on any atom is -0.426 e. The molecule has 0 radical (unpaired) electrons. The van der Waals surface area contributed by atoms with Crippen molar-refractivity contribution in [1.82, 2.24) is 0 Å². The number of carbonyl (C=O) groups is 1. The summed E-state index contributed by atoms with van der Waals surface area (Å²) in [5.74, 6) is 2.34. The van der Waals surface area contributed by atoms with Crippen molar-refractivity contribution >= 4 is 5.97 Å². The van der Waals surface area contributed by atoms with Crippen molar-refractivity contribution in [1.29, 1.82) is 0 Å². The van der Waals surface area contributed by atoms with E-state index in [0.717, 1.165) is 0 Å². The third-order valence-electron chi connectivity index (χ3n) is 1.22. The van der Waals surface area contributed by atoms with Gasteiger partial charge in [-0.05, 0) is 12.1 Å². The van der Waals surface area contributed by atoms with Gasteiger partial charge in [-0.15, -0.1) is 6.42 Å². The molecule has 0 N–H and O–H groups in total. The Labute approximate surface area is 71.2 Å². The van der Waals surface area contributed by atoms with Gasteiger partial charge in [0.2, 0.25) is 0 Å². The molecule has 0 heterocycles. The van der Waals surface area contributed by atoms with Gasteiger partial charge >= 0.3 is 5.97 Å². The van der Waals surface area contributed by atoms with E-state index in [0.29, 0.717) is 5.75 Å². The van der Waals surface area contributed by atoms with Crippen LogP contribution in [0.1, 0.15) is 6.42 Å². The summed E-state index contributed by atoms with van der Waals surface area (Å²) in [4.78, 5) is 10.8. The first-order valence-corrected chi connectivity index (χ1v) is 3.52. The summed E-state index contributed by atoms with van der Waals surface area (Å²) in [7, 11) is 0. The summed E-state index contributed by atoms with van der Waals surface area (Å²) < 4.78 is 4.87. The van der Waals surface area contributed by atoms with Gasteiger partial charge in [-0.3, -0.25) is 4.79 Å². The number of benzene rings is 1. The fraction of sp³-hybridized carbons (Fsp3) is 0.100. The fourth-order valence-corrected chi connectivity index (χ4v) is 0.739. The van der Waals surface area contributed by atoms with Crippen LogP contribution in [-0.2, 0) is 4.79 Å². The van der Waals surface area contributed by atoms with E-state index in [-0.39, 0.29) is 6.42 Å². The summed E-state index contributed by atoms with van der Waals surface area (Å²) in [6, 6.07) is 8.83. The number of para-hydroxylation sites is 1. The van der Waals surface area contributed by atoms with Crippen molar-refractivity contribution in [3.05, 3.63) is 30.3 Å². The summed E-state index contributed by atoms with van der Waals surface area (Å²) >= 11 is 0. The topological polar surface area (TPSA) is 26.3 Å². The van der Waals surface area contributed by atoms with E-state index >= 15 is 0 Å². The van der Waals surface area contributed by atoms with Crippen LogP contribution >= 0.6 is 0 Å². The largest absolute Gasteiger partial charge is 0.426 e. The number of rotatable bonds is 2. The lowest BCUT2D eigenvalue weighted by Crippen LogP contribution is -2.05. The first kappa shape index (κ1) is 8.35. The molecule has 2 nitrogen and oxygen atoms in total. The van der Waals surface area contributed by atoms with Crippen molar-refractivity contribution in [2.75, 3.05) is 0 Å². The monoisotopic (exact) mass is 160 g/mol. The third-order valence-corrected chi connectivity index (χ3v) is 1.22. The minimum absolute atomic E-state index is 0.00882. The molecule has 1 rings (SSSR count). The smallest absolute Gasteiger partial charge is 0.323 e. The molecule has 0 aliphatic heterocycles. The number of carbonyl (C=O) groups excluding carboxylic acids is 1. The molecule has 0 saturated heterocycles. The van der Waals surface area contributed by atoms with E-state index in [1.54, 1.807) is 24.3 Å². The molecule has 1 aromatic carbocycles. The molecule has 2 heteroatoms. The molecule has 0 bridgehead atoms. The molecule has 1 aromatic rings. The molecular weight excluding hydrogens is 152 g/mol. The van der Waals surface area contributed by atoms with Crippen molar-refractivity contribution in [3.63, 3.8) is 0 Å². The fourth-order valence-electron chi connectivity index (χ4n) is 0.739. The van der Waals surface area contributed by atoms with Crippen LogP contribution in [0.4, 0.5) is 0 Å². The van der Waals surface area contributed by atoms with E-state index in [4.69, 9.17) is 11.2 Å². The Hall–Kier alpha value is -1.75. The standard InChI is InChI=1S/C10H8O2/c1-2-6-10(11)12-9-7-4-3-5-8-9/h1,3-5,7-8H,6H2. The van der Waals surface area contributed by atoms with Crippen LogP contribution in [-0.4, -0.2) is 5.97 Å². The van der Waals surface area contributed by atoms with Gasteiger partial charge in [0.25, 0.3) is 0 Å². The molecular formula is C10H8O2. The van der Waals surface area contributed by atoms with Gasteiger partial charge in [0.1, 0.15) is 12.2 Å². The second kappa shape index (κ2) is 4.20. The summed E-state index contributed by atoms with van der Waals surface area (Å²) in [5, 5.41) is 0. The number of ether oxygens (including phenoxy) is 1. The second-order valence-electron chi connectivity index (χ2n) is 2.17. The van der Waals surface area contributed by atoms with E-state index < -0.39 is 5.97 Å². The Morgan fingerprint density at radius 1 is 1.42 bits per heavy atom. The first-order valence-electron chi connectivity index (χ1n) is 3.52. The van der Waals surface area contributed by atoms with E-state index in [2.05, 4.69) is 5.92 Å². The summed E-state index contributed by atoms with van der Waals surface area (Å²) in [6.45, 7) is 0. The van der Waals surface area contributed by atoms with Crippen molar-refractivity contribution in [3.8, 4) is 18.1 Å². The third kappa shape index (κ3) is 2.47. The Kier molecular flexibility index (Phi) is 2.92. The highest BCUT2D eigenvalue weighted by molar-refractivity contribution is 5.74. The SMILES string of the molecule is C#CCC(=O)Oc1ccccc1. The zero-order chi connectivity index (χ0) is 8.81. The van der Waals surface area contributed by atoms with E-state index in [1.165, 1.54) is 0 Å². The maximum atomic E-state index is 10.8. The molecule has 0 aromatic heterocycles. The van der Waals surface area contributed by atoms with Crippen LogP contribution in [0.15, 0.2) is 30.3 Å². The normalized spacial score (nSPS) is 8.58. The van der Waals surface area contributed by atoms with Gasteiger partial charge in [0.05, 0.1) is 0 Å². The molecule has 12 heavy (non-hydrogen) atoms. The number of hydrogen-bond acceptors (Lipinski definition) is 2. The maximum Gasteiger partial charge on any atom is 0.323 e. The predicted molar refractivity (Wildman–Crippen MR) is 45.5 cm³/mol.